The van der Waals surface area contributed by atoms with Crippen molar-refractivity contribution in [2.24, 2.45) is 0 Å². The van der Waals surface area contributed by atoms with Crippen LogP contribution in [-0.4, -0.2) is 25.3 Å². The number of rotatable bonds is 9. The van der Waals surface area contributed by atoms with Crippen molar-refractivity contribution in [2.75, 3.05) is 19.7 Å². The van der Waals surface area contributed by atoms with Gasteiger partial charge in [0.25, 0.3) is 0 Å². The maximum atomic E-state index is 5.92. The minimum Gasteiger partial charge on any atom is -0.374 e. The molecule has 1 unspecified atom stereocenters. The molecule has 0 aliphatic carbocycles. The molecule has 0 saturated carbocycles. The van der Waals surface area contributed by atoms with Gasteiger partial charge >= 0.3 is 0 Å². The van der Waals surface area contributed by atoms with Crippen molar-refractivity contribution in [3.8, 4) is 0 Å². The minimum atomic E-state index is 0.0315. The lowest BCUT2D eigenvalue weighted by Crippen LogP contribution is -2.40. The molecule has 0 aromatic heterocycles. The third-order valence-electron chi connectivity index (χ3n) is 2.70. The highest BCUT2D eigenvalue weighted by atomic mass is 16.5. The fourth-order valence-electron chi connectivity index (χ4n) is 1.34. The second-order valence-electron chi connectivity index (χ2n) is 4.14. The third-order valence-corrected chi connectivity index (χ3v) is 2.70. The molecule has 0 aromatic rings. The van der Waals surface area contributed by atoms with Crippen molar-refractivity contribution < 1.29 is 4.74 Å². The highest BCUT2D eigenvalue weighted by Crippen LogP contribution is 2.14. The first-order chi connectivity index (χ1) is 6.68. The summed E-state index contributed by atoms with van der Waals surface area (Å²) in [5.74, 6) is 0. The van der Waals surface area contributed by atoms with E-state index in [2.05, 4.69) is 33.0 Å². The van der Waals surface area contributed by atoms with Gasteiger partial charge < -0.3 is 10.1 Å². The van der Waals surface area contributed by atoms with Crippen LogP contribution in [-0.2, 0) is 4.74 Å². The lowest BCUT2D eigenvalue weighted by Gasteiger charge is -2.29. The largest absolute Gasteiger partial charge is 0.374 e. The van der Waals surface area contributed by atoms with Crippen LogP contribution in [0.25, 0.3) is 0 Å². The second-order valence-corrected chi connectivity index (χ2v) is 4.14. The highest BCUT2D eigenvalue weighted by Gasteiger charge is 2.21. The van der Waals surface area contributed by atoms with Crippen molar-refractivity contribution in [1.82, 2.24) is 5.32 Å². The predicted molar refractivity (Wildman–Crippen MR) is 62.7 cm³/mol. The van der Waals surface area contributed by atoms with E-state index in [4.69, 9.17) is 4.74 Å². The highest BCUT2D eigenvalue weighted by molar-refractivity contribution is 4.75. The number of hydrogen-bond donors (Lipinski definition) is 1. The summed E-state index contributed by atoms with van der Waals surface area (Å²) in [5, 5.41) is 3.36. The normalized spacial score (nSPS) is 15.4. The first kappa shape index (κ1) is 13.9. The molecule has 0 bridgehead atoms. The van der Waals surface area contributed by atoms with Gasteiger partial charge in [0.2, 0.25) is 0 Å². The Balaban J connectivity index is 3.63. The van der Waals surface area contributed by atoms with Crippen LogP contribution in [0.1, 0.15) is 53.4 Å². The van der Waals surface area contributed by atoms with Crippen LogP contribution < -0.4 is 5.32 Å². The Bertz CT molecular complexity index is 127. The van der Waals surface area contributed by atoms with E-state index in [1.54, 1.807) is 0 Å². The van der Waals surface area contributed by atoms with Crippen LogP contribution in [0.4, 0.5) is 0 Å². The second kappa shape index (κ2) is 8.25. The van der Waals surface area contributed by atoms with Gasteiger partial charge in [0.1, 0.15) is 0 Å². The Morgan fingerprint density at radius 2 is 1.86 bits per heavy atom. The molecule has 0 radical (unpaired) electrons. The van der Waals surface area contributed by atoms with Crippen molar-refractivity contribution >= 4 is 0 Å². The number of unbranched alkanes of at least 4 members (excludes halogenated alkanes) is 2. The standard InChI is InChI=1S/C12H27NO/c1-5-8-9-10-14-12(4,6-2)11-13-7-3/h13H,5-11H2,1-4H3. The fraction of sp³-hybridized carbons (Fsp3) is 1.00. The van der Waals surface area contributed by atoms with Crippen LogP contribution in [0.5, 0.6) is 0 Å². The van der Waals surface area contributed by atoms with Crippen LogP contribution in [0, 0.1) is 0 Å². The maximum absolute atomic E-state index is 5.92. The SMILES string of the molecule is CCCCCOC(C)(CC)CNCC. The van der Waals surface area contributed by atoms with Gasteiger partial charge in [-0.3, -0.25) is 0 Å². The van der Waals surface area contributed by atoms with E-state index in [1.807, 2.05) is 0 Å². The molecule has 0 aliphatic rings. The van der Waals surface area contributed by atoms with Gasteiger partial charge in [0, 0.05) is 13.2 Å². The Labute approximate surface area is 89.4 Å². The van der Waals surface area contributed by atoms with Crippen molar-refractivity contribution in [3.63, 3.8) is 0 Å². The van der Waals surface area contributed by atoms with Gasteiger partial charge in [0.15, 0.2) is 0 Å². The van der Waals surface area contributed by atoms with Crippen LogP contribution in [0.3, 0.4) is 0 Å². The molecule has 0 aromatic carbocycles. The summed E-state index contributed by atoms with van der Waals surface area (Å²) in [4.78, 5) is 0. The summed E-state index contributed by atoms with van der Waals surface area (Å²) in [7, 11) is 0. The average molecular weight is 201 g/mol. The molecular formula is C12H27NO. The van der Waals surface area contributed by atoms with Gasteiger partial charge in [-0.25, -0.2) is 0 Å². The number of nitrogens with one attached hydrogen (secondary N) is 1. The number of hydrogen-bond acceptors (Lipinski definition) is 2. The van der Waals surface area contributed by atoms with Crippen LogP contribution in [0.15, 0.2) is 0 Å². The van der Waals surface area contributed by atoms with Gasteiger partial charge in [-0.15, -0.1) is 0 Å². The van der Waals surface area contributed by atoms with E-state index >= 15 is 0 Å². The molecule has 2 heteroatoms. The summed E-state index contributed by atoms with van der Waals surface area (Å²) in [5.41, 5.74) is 0.0315. The summed E-state index contributed by atoms with van der Waals surface area (Å²) in [6, 6.07) is 0. The van der Waals surface area contributed by atoms with Gasteiger partial charge in [0.05, 0.1) is 5.60 Å². The zero-order valence-electron chi connectivity index (χ0n) is 10.4. The predicted octanol–water partition coefficient (Wildman–Crippen LogP) is 2.97. The van der Waals surface area contributed by atoms with E-state index in [9.17, 15) is 0 Å². The van der Waals surface area contributed by atoms with Crippen LogP contribution in [0.2, 0.25) is 0 Å². The Hall–Kier alpha value is -0.0800. The molecule has 14 heavy (non-hydrogen) atoms. The van der Waals surface area contributed by atoms with Gasteiger partial charge in [-0.2, -0.15) is 0 Å². The lowest BCUT2D eigenvalue weighted by molar-refractivity contribution is -0.0343. The van der Waals surface area contributed by atoms with E-state index in [0.717, 1.165) is 26.1 Å². The molecule has 1 atom stereocenters. The van der Waals surface area contributed by atoms with Crippen LogP contribution >= 0.6 is 0 Å². The molecule has 1 N–H and O–H groups in total. The van der Waals surface area contributed by atoms with E-state index in [-0.39, 0.29) is 5.60 Å². The van der Waals surface area contributed by atoms with E-state index in [0.29, 0.717) is 0 Å². The summed E-state index contributed by atoms with van der Waals surface area (Å²) >= 11 is 0. The Morgan fingerprint density at radius 3 is 2.36 bits per heavy atom. The Morgan fingerprint density at radius 1 is 1.14 bits per heavy atom. The zero-order chi connectivity index (χ0) is 10.9. The fourth-order valence-corrected chi connectivity index (χ4v) is 1.34. The zero-order valence-corrected chi connectivity index (χ0v) is 10.4. The quantitative estimate of drug-likeness (QED) is 0.579. The molecule has 0 fully saturated rings. The number of likely N-dealkylation sites (N-methyl/N-ethyl adjacent to an activating group) is 1. The summed E-state index contributed by atoms with van der Waals surface area (Å²) in [6.45, 7) is 11.6. The third kappa shape index (κ3) is 6.39. The molecule has 0 heterocycles. The van der Waals surface area contributed by atoms with Gasteiger partial charge in [-0.05, 0) is 26.3 Å². The monoisotopic (exact) mass is 201 g/mol. The Kier molecular flexibility index (Phi) is 8.20. The molecule has 2 nitrogen and oxygen atoms in total. The molecule has 0 aliphatic heterocycles. The smallest absolute Gasteiger partial charge is 0.0775 e. The molecule has 86 valence electrons. The summed E-state index contributed by atoms with van der Waals surface area (Å²) in [6.07, 6.45) is 4.81. The average Bonchev–Trinajstić information content (AvgIpc) is 2.22. The van der Waals surface area contributed by atoms with Crippen molar-refractivity contribution in [1.29, 1.82) is 0 Å². The number of ether oxygens (including phenoxy) is 1. The first-order valence-electron chi connectivity index (χ1n) is 6.03. The lowest BCUT2D eigenvalue weighted by atomic mass is 10.0. The molecule has 0 rings (SSSR count). The minimum absolute atomic E-state index is 0.0315. The van der Waals surface area contributed by atoms with Crippen molar-refractivity contribution in [2.45, 2.75) is 59.0 Å². The first-order valence-corrected chi connectivity index (χ1v) is 6.03. The molecular weight excluding hydrogens is 174 g/mol. The van der Waals surface area contributed by atoms with E-state index in [1.165, 1.54) is 19.3 Å². The summed E-state index contributed by atoms with van der Waals surface area (Å²) < 4.78 is 5.92. The maximum Gasteiger partial charge on any atom is 0.0775 e. The van der Waals surface area contributed by atoms with Gasteiger partial charge in [-0.1, -0.05) is 33.6 Å². The molecule has 0 saturated heterocycles. The van der Waals surface area contributed by atoms with E-state index < -0.39 is 0 Å². The van der Waals surface area contributed by atoms with Crippen molar-refractivity contribution in [3.05, 3.63) is 0 Å². The topological polar surface area (TPSA) is 21.3 Å². The molecule has 0 amide bonds. The molecule has 0 spiro atoms.